The molecular weight excluding hydrogens is 484 g/mol. The number of methoxy groups -OCH3 is 1. The van der Waals surface area contributed by atoms with E-state index in [0.29, 0.717) is 11.7 Å². The number of aryl methyl sites for hydroxylation is 1. The SMILES string of the molecule is COc1ccc(CN2C(=S)NC(c3ccccn3)C2c2cc(C)n(-c3ccc(C(=O)O)cc3)c2C)cc1. The Hall–Kier alpha value is -4.17. The number of carboxylic acid groups (broad SMARTS) is 1. The zero-order valence-electron chi connectivity index (χ0n) is 20.9. The van der Waals surface area contributed by atoms with Gasteiger partial charge in [-0.2, -0.15) is 0 Å². The molecule has 8 heteroatoms. The summed E-state index contributed by atoms with van der Waals surface area (Å²) in [4.78, 5) is 18.2. The number of pyridine rings is 1. The van der Waals surface area contributed by atoms with Crippen molar-refractivity contribution in [3.63, 3.8) is 0 Å². The van der Waals surface area contributed by atoms with Crippen molar-refractivity contribution in [1.82, 2.24) is 19.8 Å². The Kier molecular flexibility index (Phi) is 6.67. The van der Waals surface area contributed by atoms with Crippen LogP contribution < -0.4 is 10.1 Å². The summed E-state index contributed by atoms with van der Waals surface area (Å²) in [6, 6.07) is 22.9. The predicted octanol–water partition coefficient (Wildman–Crippen LogP) is 5.37. The molecule has 0 spiro atoms. The Bertz CT molecular complexity index is 1430. The lowest BCUT2D eigenvalue weighted by Gasteiger charge is -2.28. The highest BCUT2D eigenvalue weighted by Gasteiger charge is 2.41. The van der Waals surface area contributed by atoms with E-state index in [2.05, 4.69) is 51.8 Å². The van der Waals surface area contributed by atoms with Gasteiger partial charge in [0.05, 0.1) is 30.5 Å². The lowest BCUT2D eigenvalue weighted by molar-refractivity contribution is 0.0697. The maximum Gasteiger partial charge on any atom is 0.335 e. The van der Waals surface area contributed by atoms with E-state index in [9.17, 15) is 9.90 Å². The zero-order valence-corrected chi connectivity index (χ0v) is 21.7. The molecule has 3 heterocycles. The summed E-state index contributed by atoms with van der Waals surface area (Å²) >= 11 is 5.86. The van der Waals surface area contributed by atoms with Gasteiger partial charge in [-0.1, -0.05) is 18.2 Å². The first-order chi connectivity index (χ1) is 17.9. The number of nitrogens with one attached hydrogen (secondary N) is 1. The van der Waals surface area contributed by atoms with Crippen LogP contribution in [-0.2, 0) is 6.54 Å². The maximum absolute atomic E-state index is 11.3. The Morgan fingerprint density at radius 2 is 1.81 bits per heavy atom. The fourth-order valence-electron chi connectivity index (χ4n) is 5.08. The molecule has 2 unspecified atom stereocenters. The molecule has 0 radical (unpaired) electrons. The van der Waals surface area contributed by atoms with Gasteiger partial charge in [-0.15, -0.1) is 0 Å². The van der Waals surface area contributed by atoms with Crippen molar-refractivity contribution < 1.29 is 14.6 Å². The van der Waals surface area contributed by atoms with E-state index in [0.717, 1.165) is 39.6 Å². The molecule has 7 nitrogen and oxygen atoms in total. The van der Waals surface area contributed by atoms with Crippen LogP contribution in [0.25, 0.3) is 5.69 Å². The molecule has 1 aliphatic rings. The van der Waals surface area contributed by atoms with E-state index in [1.165, 1.54) is 0 Å². The van der Waals surface area contributed by atoms with E-state index >= 15 is 0 Å². The molecule has 1 fully saturated rings. The summed E-state index contributed by atoms with van der Waals surface area (Å²) in [7, 11) is 1.66. The molecule has 1 saturated heterocycles. The Morgan fingerprint density at radius 3 is 2.43 bits per heavy atom. The monoisotopic (exact) mass is 512 g/mol. The average Bonchev–Trinajstić information content (AvgIpc) is 3.39. The van der Waals surface area contributed by atoms with Crippen molar-refractivity contribution in [1.29, 1.82) is 0 Å². The smallest absolute Gasteiger partial charge is 0.335 e. The van der Waals surface area contributed by atoms with E-state index in [4.69, 9.17) is 17.0 Å². The highest BCUT2D eigenvalue weighted by Crippen LogP contribution is 2.42. The molecule has 5 rings (SSSR count). The Balaban J connectivity index is 1.58. The van der Waals surface area contributed by atoms with Crippen LogP contribution in [0.15, 0.2) is 79.0 Å². The average molecular weight is 513 g/mol. The second-order valence-electron chi connectivity index (χ2n) is 9.12. The predicted molar refractivity (Wildman–Crippen MR) is 146 cm³/mol. The number of aromatic carboxylic acids is 1. The van der Waals surface area contributed by atoms with Gasteiger partial charge in [0.15, 0.2) is 5.11 Å². The third-order valence-electron chi connectivity index (χ3n) is 6.87. The van der Waals surface area contributed by atoms with Crippen LogP contribution in [0.5, 0.6) is 5.75 Å². The molecule has 0 aliphatic carbocycles. The molecule has 37 heavy (non-hydrogen) atoms. The van der Waals surface area contributed by atoms with Gasteiger partial charge < -0.3 is 24.6 Å². The number of aromatic nitrogens is 2. The molecule has 4 aromatic rings. The number of thiocarbonyl (C=S) groups is 1. The van der Waals surface area contributed by atoms with Crippen LogP contribution in [0.1, 0.15) is 50.7 Å². The van der Waals surface area contributed by atoms with Gasteiger partial charge in [-0.25, -0.2) is 4.79 Å². The van der Waals surface area contributed by atoms with Crippen LogP contribution in [0.4, 0.5) is 0 Å². The van der Waals surface area contributed by atoms with Crippen LogP contribution >= 0.6 is 12.2 Å². The number of rotatable bonds is 7. The minimum absolute atomic E-state index is 0.0947. The number of hydrogen-bond acceptors (Lipinski definition) is 4. The molecule has 2 atom stereocenters. The molecule has 1 aliphatic heterocycles. The van der Waals surface area contributed by atoms with Crippen molar-refractivity contribution in [3.05, 3.63) is 113 Å². The van der Waals surface area contributed by atoms with E-state index in [-0.39, 0.29) is 17.6 Å². The minimum Gasteiger partial charge on any atom is -0.497 e. The lowest BCUT2D eigenvalue weighted by Crippen LogP contribution is -2.29. The first-order valence-electron chi connectivity index (χ1n) is 12.0. The summed E-state index contributed by atoms with van der Waals surface area (Å²) in [6.45, 7) is 4.78. The standard InChI is InChI=1S/C29H28N4O3S/c1-18-16-24(19(2)33(18)22-11-9-21(10-12-22)28(34)35)27-26(25-6-4-5-15-30-25)31-29(37)32(27)17-20-7-13-23(36-3)14-8-20/h4-16,26-27H,17H2,1-3H3,(H,31,37)(H,34,35). The van der Waals surface area contributed by atoms with Crippen LogP contribution in [-0.4, -0.2) is 37.7 Å². The fourth-order valence-corrected chi connectivity index (χ4v) is 5.38. The normalized spacial score (nSPS) is 17.1. The molecule has 0 amide bonds. The molecular formula is C29H28N4O3S. The number of carboxylic acids is 1. The van der Waals surface area contributed by atoms with E-state index in [1.807, 2.05) is 42.5 Å². The van der Waals surface area contributed by atoms with Gasteiger partial charge in [0.25, 0.3) is 0 Å². The number of nitrogens with zero attached hydrogens (tertiary/aromatic N) is 3. The van der Waals surface area contributed by atoms with Crippen LogP contribution in [0.2, 0.25) is 0 Å². The third-order valence-corrected chi connectivity index (χ3v) is 7.22. The first-order valence-corrected chi connectivity index (χ1v) is 12.4. The molecule has 2 aromatic heterocycles. The second kappa shape index (κ2) is 10.1. The maximum atomic E-state index is 11.3. The summed E-state index contributed by atoms with van der Waals surface area (Å²) in [5.41, 5.74) is 6.47. The molecule has 2 N–H and O–H groups in total. The highest BCUT2D eigenvalue weighted by atomic mass is 32.1. The molecule has 188 valence electrons. The number of carbonyl (C=O) groups is 1. The zero-order chi connectivity index (χ0) is 26.1. The van der Waals surface area contributed by atoms with Gasteiger partial charge in [0, 0.05) is 29.8 Å². The number of hydrogen-bond donors (Lipinski definition) is 2. The third kappa shape index (κ3) is 4.68. The van der Waals surface area contributed by atoms with Crippen molar-refractivity contribution in [2.45, 2.75) is 32.5 Å². The lowest BCUT2D eigenvalue weighted by atomic mass is 9.96. The Morgan fingerprint density at radius 1 is 1.08 bits per heavy atom. The molecule has 0 bridgehead atoms. The largest absolute Gasteiger partial charge is 0.497 e. The summed E-state index contributed by atoms with van der Waals surface area (Å²) in [5, 5.41) is 13.5. The van der Waals surface area contributed by atoms with Gasteiger partial charge in [-0.3, -0.25) is 4.98 Å². The number of benzene rings is 2. The van der Waals surface area contributed by atoms with Gasteiger partial charge >= 0.3 is 5.97 Å². The fraction of sp³-hybridized carbons (Fsp3) is 0.207. The quantitative estimate of drug-likeness (QED) is 0.322. The summed E-state index contributed by atoms with van der Waals surface area (Å²) in [5.74, 6) is -0.127. The number of ether oxygens (including phenoxy) is 1. The minimum atomic E-state index is -0.939. The first kappa shape index (κ1) is 24.5. The highest BCUT2D eigenvalue weighted by molar-refractivity contribution is 7.80. The van der Waals surface area contributed by atoms with Gasteiger partial charge in [0.1, 0.15) is 5.75 Å². The molecule has 0 saturated carbocycles. The van der Waals surface area contributed by atoms with E-state index in [1.54, 1.807) is 25.4 Å². The summed E-state index contributed by atoms with van der Waals surface area (Å²) in [6.07, 6.45) is 1.80. The van der Waals surface area contributed by atoms with Crippen LogP contribution in [0.3, 0.4) is 0 Å². The Labute approximate surface area is 221 Å². The van der Waals surface area contributed by atoms with Crippen molar-refractivity contribution >= 4 is 23.3 Å². The van der Waals surface area contributed by atoms with E-state index < -0.39 is 5.97 Å². The molecule has 2 aromatic carbocycles. The van der Waals surface area contributed by atoms with Crippen molar-refractivity contribution in [2.24, 2.45) is 0 Å². The van der Waals surface area contributed by atoms with Crippen LogP contribution in [0, 0.1) is 13.8 Å². The summed E-state index contributed by atoms with van der Waals surface area (Å²) < 4.78 is 7.48. The van der Waals surface area contributed by atoms with Crippen molar-refractivity contribution in [2.75, 3.05) is 7.11 Å². The van der Waals surface area contributed by atoms with Gasteiger partial charge in [-0.05, 0) is 91.8 Å². The van der Waals surface area contributed by atoms with Crippen molar-refractivity contribution in [3.8, 4) is 11.4 Å². The topological polar surface area (TPSA) is 79.6 Å². The second-order valence-corrected chi connectivity index (χ2v) is 9.50. The van der Waals surface area contributed by atoms with Gasteiger partial charge in [0.2, 0.25) is 0 Å².